The van der Waals surface area contributed by atoms with Crippen molar-refractivity contribution in [1.82, 2.24) is 29.1 Å². The third-order valence-corrected chi connectivity index (χ3v) is 7.59. The molecule has 0 saturated carbocycles. The number of H-pyrrole nitrogens is 1. The number of thioether (sulfide) groups is 1. The molecule has 10 heteroatoms. The van der Waals surface area contributed by atoms with Crippen molar-refractivity contribution < 1.29 is 0 Å². The zero-order valence-corrected chi connectivity index (χ0v) is 21.7. The van der Waals surface area contributed by atoms with Crippen molar-refractivity contribution in [2.75, 3.05) is 23.7 Å². The molecule has 1 aliphatic heterocycles. The third-order valence-electron chi connectivity index (χ3n) is 6.76. The number of nitrogens with zero attached hydrogens (tertiary/aromatic N) is 6. The van der Waals surface area contributed by atoms with Gasteiger partial charge in [0.25, 0.3) is 5.56 Å². The molecule has 4 aromatic rings. The Labute approximate surface area is 213 Å². The van der Waals surface area contributed by atoms with Crippen molar-refractivity contribution in [1.29, 1.82) is 0 Å². The zero-order chi connectivity index (χ0) is 25.2. The molecule has 3 aromatic heterocycles. The number of imidazole rings is 1. The fourth-order valence-electron chi connectivity index (χ4n) is 4.95. The van der Waals surface area contributed by atoms with Crippen molar-refractivity contribution in [2.45, 2.75) is 44.8 Å². The maximum atomic E-state index is 12.9. The van der Waals surface area contributed by atoms with Crippen LogP contribution in [0.1, 0.15) is 29.8 Å². The van der Waals surface area contributed by atoms with Gasteiger partial charge in [0.1, 0.15) is 0 Å². The second-order valence-electron chi connectivity index (χ2n) is 9.46. The molecule has 0 radical (unpaired) electrons. The molecular formula is C26H31N7O2S. The summed E-state index contributed by atoms with van der Waals surface area (Å²) in [6, 6.07) is 12.6. The van der Waals surface area contributed by atoms with E-state index in [9.17, 15) is 9.59 Å². The standard InChI is InChI=1S/C26H31N7O2S/c1-17-15-18(2)28-24(27-17)36-14-13-33-21-22(31(3)26(35)30-23(21)34)29-25(33)32-11-9-20(10-12-32)16-19-7-5-4-6-8-19/h4-8,15,20H,9-14,16H2,1-3H3,(H,30,34,35). The molecule has 36 heavy (non-hydrogen) atoms. The van der Waals surface area contributed by atoms with E-state index in [2.05, 4.69) is 50.2 Å². The van der Waals surface area contributed by atoms with Crippen LogP contribution in [0.25, 0.3) is 11.2 Å². The first-order chi connectivity index (χ1) is 17.4. The monoisotopic (exact) mass is 505 g/mol. The number of piperidine rings is 1. The molecule has 0 bridgehead atoms. The highest BCUT2D eigenvalue weighted by atomic mass is 32.2. The summed E-state index contributed by atoms with van der Waals surface area (Å²) >= 11 is 1.56. The summed E-state index contributed by atoms with van der Waals surface area (Å²) in [5.41, 5.74) is 3.22. The van der Waals surface area contributed by atoms with Gasteiger partial charge in [-0.3, -0.25) is 14.3 Å². The Bertz CT molecular complexity index is 1460. The highest BCUT2D eigenvalue weighted by molar-refractivity contribution is 7.99. The highest BCUT2D eigenvalue weighted by Crippen LogP contribution is 2.28. The van der Waals surface area contributed by atoms with E-state index in [-0.39, 0.29) is 0 Å². The second kappa shape index (κ2) is 10.3. The number of hydrogen-bond donors (Lipinski definition) is 1. The summed E-state index contributed by atoms with van der Waals surface area (Å²) in [4.78, 5) is 43.7. The van der Waals surface area contributed by atoms with Gasteiger partial charge >= 0.3 is 5.69 Å². The van der Waals surface area contributed by atoms with Crippen LogP contribution >= 0.6 is 11.8 Å². The van der Waals surface area contributed by atoms with Crippen molar-refractivity contribution in [3.8, 4) is 0 Å². The van der Waals surface area contributed by atoms with E-state index < -0.39 is 11.2 Å². The van der Waals surface area contributed by atoms with Gasteiger partial charge in [-0.25, -0.2) is 14.8 Å². The van der Waals surface area contributed by atoms with Crippen LogP contribution in [-0.4, -0.2) is 47.9 Å². The van der Waals surface area contributed by atoms with Crippen LogP contribution in [0.5, 0.6) is 0 Å². The van der Waals surface area contributed by atoms with Gasteiger partial charge in [-0.1, -0.05) is 42.1 Å². The predicted molar refractivity (Wildman–Crippen MR) is 143 cm³/mol. The Kier molecular flexibility index (Phi) is 6.95. The first-order valence-corrected chi connectivity index (χ1v) is 13.3. The number of fused-ring (bicyclic) bond motifs is 1. The first-order valence-electron chi connectivity index (χ1n) is 12.3. The van der Waals surface area contributed by atoms with Gasteiger partial charge in [0, 0.05) is 43.8 Å². The average molecular weight is 506 g/mol. The second-order valence-corrected chi connectivity index (χ2v) is 10.5. The number of aromatic amines is 1. The van der Waals surface area contributed by atoms with Crippen LogP contribution in [0.15, 0.2) is 51.1 Å². The average Bonchev–Trinajstić information content (AvgIpc) is 3.23. The molecule has 4 heterocycles. The van der Waals surface area contributed by atoms with Gasteiger partial charge in [-0.05, 0) is 50.7 Å². The SMILES string of the molecule is Cc1cc(C)nc(SCCn2c(N3CCC(Cc4ccccc4)CC3)nc3c2c(=O)[nH]c(=O)n3C)n1. The molecule has 1 aromatic carbocycles. The Balaban J connectivity index is 1.39. The molecule has 0 aliphatic carbocycles. The minimum atomic E-state index is -0.455. The van der Waals surface area contributed by atoms with Gasteiger partial charge < -0.3 is 9.47 Å². The smallest absolute Gasteiger partial charge is 0.329 e. The van der Waals surface area contributed by atoms with Crippen LogP contribution in [0.3, 0.4) is 0 Å². The molecule has 5 rings (SSSR count). The maximum Gasteiger partial charge on any atom is 0.329 e. The Morgan fingerprint density at radius 2 is 1.72 bits per heavy atom. The molecule has 9 nitrogen and oxygen atoms in total. The van der Waals surface area contributed by atoms with E-state index in [1.807, 2.05) is 24.5 Å². The van der Waals surface area contributed by atoms with Gasteiger partial charge in [-0.15, -0.1) is 0 Å². The lowest BCUT2D eigenvalue weighted by atomic mass is 9.90. The summed E-state index contributed by atoms with van der Waals surface area (Å²) in [6.45, 7) is 6.20. The van der Waals surface area contributed by atoms with Crippen molar-refractivity contribution >= 4 is 28.9 Å². The number of hydrogen-bond acceptors (Lipinski definition) is 7. The number of nitrogens with one attached hydrogen (secondary N) is 1. The molecule has 0 spiro atoms. The summed E-state index contributed by atoms with van der Waals surface area (Å²) in [5, 5.41) is 0.724. The number of benzene rings is 1. The van der Waals surface area contributed by atoms with Crippen LogP contribution in [-0.2, 0) is 20.0 Å². The zero-order valence-electron chi connectivity index (χ0n) is 20.9. The Morgan fingerprint density at radius 1 is 1.03 bits per heavy atom. The molecule has 1 saturated heterocycles. The van der Waals surface area contributed by atoms with Gasteiger partial charge in [0.2, 0.25) is 5.95 Å². The van der Waals surface area contributed by atoms with Crippen molar-refractivity contribution in [3.63, 3.8) is 0 Å². The highest BCUT2D eigenvalue weighted by Gasteiger charge is 2.26. The maximum absolute atomic E-state index is 12.9. The Hall–Kier alpha value is -3.40. The molecule has 1 N–H and O–H groups in total. The van der Waals surface area contributed by atoms with Crippen LogP contribution in [0, 0.1) is 19.8 Å². The minimum Gasteiger partial charge on any atom is -0.342 e. The van der Waals surface area contributed by atoms with Crippen molar-refractivity contribution in [2.24, 2.45) is 13.0 Å². The molecule has 0 atom stereocenters. The molecule has 1 aliphatic rings. The van der Waals surface area contributed by atoms with Crippen molar-refractivity contribution in [3.05, 3.63) is 74.2 Å². The summed E-state index contributed by atoms with van der Waals surface area (Å²) in [5.74, 6) is 2.04. The third kappa shape index (κ3) is 5.09. The topological polar surface area (TPSA) is 102 Å². The lowest BCUT2D eigenvalue weighted by Gasteiger charge is -2.33. The number of aryl methyl sites for hydroxylation is 4. The lowest BCUT2D eigenvalue weighted by molar-refractivity contribution is 0.398. The molecule has 0 unspecified atom stereocenters. The summed E-state index contributed by atoms with van der Waals surface area (Å²) in [7, 11) is 1.64. The minimum absolute atomic E-state index is 0.404. The summed E-state index contributed by atoms with van der Waals surface area (Å²) < 4.78 is 3.37. The van der Waals surface area contributed by atoms with E-state index in [0.29, 0.717) is 29.4 Å². The van der Waals surface area contributed by atoms with E-state index in [1.165, 1.54) is 10.1 Å². The van der Waals surface area contributed by atoms with Gasteiger partial charge in [-0.2, -0.15) is 4.98 Å². The molecule has 1 fully saturated rings. The van der Waals surface area contributed by atoms with Crippen LogP contribution in [0.2, 0.25) is 0 Å². The molecular weight excluding hydrogens is 474 g/mol. The Morgan fingerprint density at radius 3 is 2.42 bits per heavy atom. The molecule has 0 amide bonds. The lowest BCUT2D eigenvalue weighted by Crippen LogP contribution is -2.36. The first kappa shape index (κ1) is 24.3. The largest absolute Gasteiger partial charge is 0.342 e. The van der Waals surface area contributed by atoms with Gasteiger partial charge in [0.05, 0.1) is 0 Å². The molecule has 188 valence electrons. The van der Waals surface area contributed by atoms with Crippen LogP contribution in [0.4, 0.5) is 5.95 Å². The fraction of sp³-hybridized carbons (Fsp3) is 0.423. The summed E-state index contributed by atoms with van der Waals surface area (Å²) in [6.07, 6.45) is 3.18. The fourth-order valence-corrected chi connectivity index (χ4v) is 5.82. The number of anilines is 1. The predicted octanol–water partition coefficient (Wildman–Crippen LogP) is 3.08. The quantitative estimate of drug-likeness (QED) is 0.304. The van der Waals surface area contributed by atoms with E-state index >= 15 is 0 Å². The number of rotatable bonds is 7. The van der Waals surface area contributed by atoms with E-state index in [1.54, 1.807) is 18.8 Å². The number of aromatic nitrogens is 6. The van der Waals surface area contributed by atoms with Crippen LogP contribution < -0.4 is 16.1 Å². The van der Waals surface area contributed by atoms with E-state index in [4.69, 9.17) is 4.98 Å². The van der Waals surface area contributed by atoms with E-state index in [0.717, 1.165) is 54.8 Å². The van der Waals surface area contributed by atoms with Gasteiger partial charge in [0.15, 0.2) is 16.3 Å². The normalized spacial score (nSPS) is 14.6.